The molecule has 1 aromatic carbocycles. The summed E-state index contributed by atoms with van der Waals surface area (Å²) in [6.07, 6.45) is -8.27. The lowest BCUT2D eigenvalue weighted by molar-refractivity contribution is -0.327. The number of hydrogen-bond donors (Lipinski definition) is 5. The number of benzene rings is 1. The van der Waals surface area contributed by atoms with Gasteiger partial charge in [-0.15, -0.1) is 0 Å². The first-order chi connectivity index (χ1) is 22.6. The first-order valence-electron chi connectivity index (χ1n) is 16.7. The van der Waals surface area contributed by atoms with Crippen LogP contribution in [0.5, 0.6) is 0 Å². The zero-order valence-electron chi connectivity index (χ0n) is 29.3. The molecule has 0 radical (unpaired) electrons. The Bertz CT molecular complexity index is 1530. The van der Waals surface area contributed by atoms with E-state index in [-0.39, 0.29) is 31.4 Å². The normalized spacial score (nSPS) is 36.4. The lowest BCUT2D eigenvalue weighted by Crippen LogP contribution is -2.77. The van der Waals surface area contributed by atoms with Crippen LogP contribution in [0.25, 0.3) is 0 Å². The predicted molar refractivity (Wildman–Crippen MR) is 173 cm³/mol. The molecular weight excluding hydrogens is 638 g/mol. The van der Waals surface area contributed by atoms with Crippen LogP contribution in [0.3, 0.4) is 0 Å². The molecule has 3 aliphatic carbocycles. The summed E-state index contributed by atoms with van der Waals surface area (Å²) < 4.78 is 22.8. The van der Waals surface area contributed by atoms with E-state index in [1.165, 1.54) is 13.8 Å². The number of amides is 1. The summed E-state index contributed by atoms with van der Waals surface area (Å²) in [4.78, 5) is 53.2. The molecule has 2 saturated carbocycles. The van der Waals surface area contributed by atoms with E-state index in [4.69, 9.17) is 18.9 Å². The predicted octanol–water partition coefficient (Wildman–Crippen LogP) is 2.42. The molecule has 0 aromatic heterocycles. The molecule has 49 heavy (non-hydrogen) atoms. The first-order valence-corrected chi connectivity index (χ1v) is 16.7. The fourth-order valence-electron chi connectivity index (χ4n) is 8.51. The maximum atomic E-state index is 14.4. The van der Waals surface area contributed by atoms with Gasteiger partial charge in [0.15, 0.2) is 17.5 Å². The van der Waals surface area contributed by atoms with Gasteiger partial charge in [-0.25, -0.2) is 9.59 Å². The van der Waals surface area contributed by atoms with E-state index in [9.17, 15) is 39.6 Å². The van der Waals surface area contributed by atoms with Gasteiger partial charge in [-0.3, -0.25) is 9.59 Å². The van der Waals surface area contributed by atoms with Crippen molar-refractivity contribution < 1.29 is 58.6 Å². The Morgan fingerprint density at radius 2 is 1.69 bits per heavy atom. The third kappa shape index (κ3) is 6.07. The Kier molecular flexibility index (Phi) is 9.38. The Morgan fingerprint density at radius 1 is 1.06 bits per heavy atom. The number of hydrogen-bond acceptors (Lipinski definition) is 12. The topological polar surface area (TPSA) is 198 Å². The minimum atomic E-state index is -1.93. The number of alkyl carbamates (subject to hydrolysis) is 1. The van der Waals surface area contributed by atoms with Crippen molar-refractivity contribution in [2.45, 2.75) is 128 Å². The summed E-state index contributed by atoms with van der Waals surface area (Å²) in [5.74, 6) is -3.46. The molecule has 10 atom stereocenters. The molecule has 3 fully saturated rings. The second-order valence-electron chi connectivity index (χ2n) is 15.8. The number of carbonyl (C=O) groups excluding carboxylic acids is 4. The zero-order chi connectivity index (χ0) is 36.5. The Hall–Kier alpha value is -3.36. The van der Waals surface area contributed by atoms with Crippen molar-refractivity contribution >= 4 is 23.8 Å². The van der Waals surface area contributed by atoms with E-state index >= 15 is 0 Å². The molecule has 0 unspecified atom stereocenters. The van der Waals surface area contributed by atoms with Gasteiger partial charge < -0.3 is 44.7 Å². The van der Waals surface area contributed by atoms with Crippen LogP contribution in [0.1, 0.15) is 86.3 Å². The zero-order valence-corrected chi connectivity index (χ0v) is 29.3. The van der Waals surface area contributed by atoms with Crippen molar-refractivity contribution in [2.75, 3.05) is 6.61 Å². The van der Waals surface area contributed by atoms with Gasteiger partial charge in [-0.2, -0.15) is 0 Å². The molecule has 1 saturated heterocycles. The van der Waals surface area contributed by atoms with Crippen molar-refractivity contribution in [3.8, 4) is 0 Å². The van der Waals surface area contributed by atoms with Crippen molar-refractivity contribution in [3.05, 3.63) is 47.0 Å². The second kappa shape index (κ2) is 12.4. The molecule has 4 aliphatic rings. The molecule has 1 heterocycles. The summed E-state index contributed by atoms with van der Waals surface area (Å²) in [6, 6.07) is 7.03. The fourth-order valence-corrected chi connectivity index (χ4v) is 8.51. The molecule has 13 nitrogen and oxygen atoms in total. The summed E-state index contributed by atoms with van der Waals surface area (Å²) >= 11 is 0. The van der Waals surface area contributed by atoms with Crippen LogP contribution in [0.4, 0.5) is 4.79 Å². The number of esters is 2. The van der Waals surface area contributed by atoms with Gasteiger partial charge in [-0.1, -0.05) is 44.2 Å². The molecular formula is C36H49NO12. The van der Waals surface area contributed by atoms with Crippen LogP contribution >= 0.6 is 0 Å². The number of ether oxygens (including phenoxy) is 4. The summed E-state index contributed by atoms with van der Waals surface area (Å²) in [7, 11) is 0. The van der Waals surface area contributed by atoms with Crippen LogP contribution in [0, 0.1) is 16.7 Å². The highest BCUT2D eigenvalue weighted by Crippen LogP contribution is 2.63. The quantitative estimate of drug-likeness (QED) is 0.167. The molecule has 1 amide bonds. The molecule has 0 spiro atoms. The van der Waals surface area contributed by atoms with E-state index < -0.39 is 93.9 Å². The van der Waals surface area contributed by atoms with E-state index in [1.807, 2.05) is 0 Å². The van der Waals surface area contributed by atoms with Crippen molar-refractivity contribution in [1.82, 2.24) is 5.32 Å². The van der Waals surface area contributed by atoms with E-state index in [1.54, 1.807) is 71.9 Å². The SMILES string of the molecule is CC(=O)O[C@@]12CO[C@@H]1C[C@H](O)[C@@]1(C)C(=O)[C@H](O)C3=C(C)[C@@H](OC(=O)[C@H](O)[C@@H](NC(=O)OC(C)(C)C)c4ccccc4)C[C@@](O)(C[C@H]21)C3(C)C. The van der Waals surface area contributed by atoms with Gasteiger partial charge >= 0.3 is 18.0 Å². The second-order valence-corrected chi connectivity index (χ2v) is 15.8. The summed E-state index contributed by atoms with van der Waals surface area (Å²) in [5.41, 5.74) is -6.07. The minimum Gasteiger partial charge on any atom is -0.456 e. The first kappa shape index (κ1) is 36.9. The van der Waals surface area contributed by atoms with Crippen LogP contribution in [-0.4, -0.2) is 98.2 Å². The third-order valence-corrected chi connectivity index (χ3v) is 11.3. The summed E-state index contributed by atoms with van der Waals surface area (Å²) in [6.45, 7) is 12.6. The molecule has 5 N–H and O–H groups in total. The number of ketones is 1. The van der Waals surface area contributed by atoms with Crippen LogP contribution in [0.2, 0.25) is 0 Å². The lowest BCUT2D eigenvalue weighted by atomic mass is 9.46. The van der Waals surface area contributed by atoms with Gasteiger partial charge in [0.25, 0.3) is 0 Å². The Labute approximate surface area is 285 Å². The molecule has 5 rings (SSSR count). The van der Waals surface area contributed by atoms with Crippen molar-refractivity contribution in [2.24, 2.45) is 16.7 Å². The average Bonchev–Trinajstić information content (AvgIpc) is 2.99. The number of rotatable bonds is 6. The van der Waals surface area contributed by atoms with Crippen LogP contribution < -0.4 is 5.32 Å². The number of aliphatic hydroxyl groups is 4. The summed E-state index contributed by atoms with van der Waals surface area (Å²) in [5, 5.41) is 49.8. The average molecular weight is 688 g/mol. The van der Waals surface area contributed by atoms with Crippen molar-refractivity contribution in [3.63, 3.8) is 0 Å². The highest BCUT2D eigenvalue weighted by Gasteiger charge is 2.73. The van der Waals surface area contributed by atoms with Gasteiger partial charge in [0.2, 0.25) is 0 Å². The molecule has 1 aromatic rings. The molecule has 270 valence electrons. The fraction of sp³-hybridized carbons (Fsp3) is 0.667. The maximum absolute atomic E-state index is 14.4. The lowest BCUT2D eigenvalue weighted by Gasteiger charge is -2.65. The minimum absolute atomic E-state index is 0.0172. The number of carbonyl (C=O) groups is 4. The molecule has 1 aliphatic heterocycles. The van der Waals surface area contributed by atoms with Gasteiger partial charge in [-0.05, 0) is 57.7 Å². The monoisotopic (exact) mass is 687 g/mol. The van der Waals surface area contributed by atoms with Crippen LogP contribution in [-0.2, 0) is 33.3 Å². The largest absolute Gasteiger partial charge is 0.456 e. The molecule has 2 bridgehead atoms. The Morgan fingerprint density at radius 3 is 2.24 bits per heavy atom. The van der Waals surface area contributed by atoms with E-state index in [0.717, 1.165) is 0 Å². The number of fused-ring (bicyclic) bond motifs is 5. The maximum Gasteiger partial charge on any atom is 0.408 e. The molecule has 13 heteroatoms. The highest BCUT2D eigenvalue weighted by molar-refractivity contribution is 5.93. The van der Waals surface area contributed by atoms with Crippen LogP contribution in [0.15, 0.2) is 41.5 Å². The van der Waals surface area contributed by atoms with Gasteiger partial charge in [0.05, 0.1) is 29.8 Å². The van der Waals surface area contributed by atoms with E-state index in [2.05, 4.69) is 5.32 Å². The van der Waals surface area contributed by atoms with Gasteiger partial charge in [0.1, 0.15) is 23.9 Å². The standard InChI is InChI=1S/C36H49NO12/c1-18-21(47-30(43)28(41)26(20-12-10-9-11-13-20)37-31(44)49-32(3,4)5)15-35(45)16-22-34(8,29(42)27(40)25(18)33(35,6)7)23(39)14-24-36(22,17-46-24)48-19(2)38/h9-13,21-24,26-28,39-41,45H,14-17H2,1-8H3,(H,37,44)/t21-,22-,23-,24+,26-,27+,28+,34-,35+,36+/m0/s1. The van der Waals surface area contributed by atoms with E-state index in [0.29, 0.717) is 11.1 Å². The number of Topliss-reactive ketones (excluding diaryl/α,β-unsaturated/α-hetero) is 1. The highest BCUT2D eigenvalue weighted by atomic mass is 16.6. The smallest absolute Gasteiger partial charge is 0.408 e. The number of nitrogens with one attached hydrogen (secondary N) is 1. The number of aliphatic hydroxyl groups excluding tert-OH is 3. The Balaban J connectivity index is 1.52. The third-order valence-electron chi connectivity index (χ3n) is 11.3. The van der Waals surface area contributed by atoms with Gasteiger partial charge in [0, 0.05) is 31.1 Å². The van der Waals surface area contributed by atoms with Crippen molar-refractivity contribution in [1.29, 1.82) is 0 Å².